The Morgan fingerprint density at radius 2 is 1.74 bits per heavy atom. The maximum absolute atomic E-state index is 12.8. The molecule has 7 heteroatoms. The van der Waals surface area contributed by atoms with Gasteiger partial charge in [0.15, 0.2) is 0 Å². The van der Waals surface area contributed by atoms with Crippen LogP contribution >= 0.6 is 11.8 Å². The summed E-state index contributed by atoms with van der Waals surface area (Å²) in [5, 5.41) is 2.54. The molecule has 0 bridgehead atoms. The maximum atomic E-state index is 12.8. The molecule has 2 aromatic carbocycles. The number of hydrogen-bond donors (Lipinski definition) is 1. The van der Waals surface area contributed by atoms with Crippen molar-refractivity contribution >= 4 is 33.4 Å². The Morgan fingerprint density at radius 3 is 2.44 bits per heavy atom. The van der Waals surface area contributed by atoms with Crippen molar-refractivity contribution in [2.75, 3.05) is 18.4 Å². The summed E-state index contributed by atoms with van der Waals surface area (Å²) in [6.45, 7) is 2.95. The molecule has 1 aliphatic rings. The average molecular weight is 405 g/mol. The average Bonchev–Trinajstić information content (AvgIpc) is 2.69. The van der Waals surface area contributed by atoms with E-state index >= 15 is 0 Å². The number of sulfonamides is 1. The number of nitrogens with one attached hydrogen (secondary N) is 1. The lowest BCUT2D eigenvalue weighted by atomic mass is 10.2. The highest BCUT2D eigenvalue weighted by Crippen LogP contribution is 2.25. The molecule has 1 saturated heterocycles. The molecule has 144 valence electrons. The van der Waals surface area contributed by atoms with Crippen molar-refractivity contribution in [2.24, 2.45) is 0 Å². The fourth-order valence-electron chi connectivity index (χ4n) is 2.99. The lowest BCUT2D eigenvalue weighted by molar-refractivity contribution is -0.115. The van der Waals surface area contributed by atoms with Gasteiger partial charge in [0.1, 0.15) is 0 Å². The number of carbonyl (C=O) groups is 1. The number of amides is 1. The molecule has 0 saturated carbocycles. The highest BCUT2D eigenvalue weighted by molar-refractivity contribution is 8.00. The van der Waals surface area contributed by atoms with Crippen molar-refractivity contribution < 1.29 is 13.2 Å². The molecule has 0 aromatic heterocycles. The topological polar surface area (TPSA) is 66.5 Å². The van der Waals surface area contributed by atoms with Crippen LogP contribution in [0.25, 0.3) is 0 Å². The second-order valence-electron chi connectivity index (χ2n) is 6.55. The summed E-state index contributed by atoms with van der Waals surface area (Å²) in [6, 6.07) is 16.2. The highest BCUT2D eigenvalue weighted by atomic mass is 32.2. The zero-order valence-corrected chi connectivity index (χ0v) is 16.9. The van der Waals surface area contributed by atoms with Crippen LogP contribution in [0, 0.1) is 0 Å². The molecular formula is C20H24N2O3S2. The van der Waals surface area contributed by atoms with E-state index in [0.717, 1.165) is 24.2 Å². The minimum atomic E-state index is -3.51. The normalized spacial score (nSPS) is 16.6. The second-order valence-corrected chi connectivity index (χ2v) is 9.91. The number of nitrogens with zero attached hydrogens (tertiary/aromatic N) is 1. The fraction of sp³-hybridized carbons (Fsp3) is 0.350. The summed E-state index contributed by atoms with van der Waals surface area (Å²) in [5.74, 6) is -0.156. The van der Waals surface area contributed by atoms with Crippen LogP contribution in [-0.2, 0) is 14.8 Å². The number of anilines is 1. The van der Waals surface area contributed by atoms with Gasteiger partial charge in [0.25, 0.3) is 0 Å². The van der Waals surface area contributed by atoms with Crippen LogP contribution in [0.4, 0.5) is 5.69 Å². The van der Waals surface area contributed by atoms with E-state index in [1.165, 1.54) is 16.1 Å². The van der Waals surface area contributed by atoms with Crippen LogP contribution in [0.2, 0.25) is 0 Å². The van der Waals surface area contributed by atoms with Crippen LogP contribution in [0.15, 0.2) is 64.4 Å². The molecular weight excluding hydrogens is 380 g/mol. The van der Waals surface area contributed by atoms with Gasteiger partial charge < -0.3 is 5.32 Å². The molecule has 3 rings (SSSR count). The molecule has 1 heterocycles. The Morgan fingerprint density at radius 1 is 1.04 bits per heavy atom. The van der Waals surface area contributed by atoms with Gasteiger partial charge in [-0.2, -0.15) is 4.31 Å². The molecule has 0 unspecified atom stereocenters. The number of thioether (sulfide) groups is 1. The fourth-order valence-corrected chi connectivity index (χ4v) is 5.44. The molecule has 1 N–H and O–H groups in total. The van der Waals surface area contributed by atoms with Crippen molar-refractivity contribution in [1.29, 1.82) is 0 Å². The Balaban J connectivity index is 1.69. The molecule has 0 spiro atoms. The van der Waals surface area contributed by atoms with Crippen LogP contribution in [0.5, 0.6) is 0 Å². The van der Waals surface area contributed by atoms with Crippen molar-refractivity contribution in [3.8, 4) is 0 Å². The Labute approximate surface area is 165 Å². The van der Waals surface area contributed by atoms with Gasteiger partial charge >= 0.3 is 0 Å². The lowest BCUT2D eigenvalue weighted by Gasteiger charge is -2.26. The van der Waals surface area contributed by atoms with E-state index in [1.807, 2.05) is 37.3 Å². The molecule has 1 atom stereocenters. The molecule has 1 amide bonds. The van der Waals surface area contributed by atoms with Crippen molar-refractivity contribution in [1.82, 2.24) is 4.31 Å². The molecule has 1 fully saturated rings. The summed E-state index contributed by atoms with van der Waals surface area (Å²) in [6.07, 6.45) is 2.85. The van der Waals surface area contributed by atoms with E-state index in [9.17, 15) is 13.2 Å². The third-order valence-corrected chi connectivity index (χ3v) is 7.49. The van der Waals surface area contributed by atoms with Gasteiger partial charge in [-0.25, -0.2) is 8.42 Å². The minimum absolute atomic E-state index is 0.156. The van der Waals surface area contributed by atoms with E-state index in [-0.39, 0.29) is 16.1 Å². The first-order valence-corrected chi connectivity index (χ1v) is 11.4. The molecule has 5 nitrogen and oxygen atoms in total. The predicted molar refractivity (Wildman–Crippen MR) is 109 cm³/mol. The van der Waals surface area contributed by atoms with Gasteiger partial charge in [0.05, 0.1) is 10.1 Å². The van der Waals surface area contributed by atoms with Crippen LogP contribution in [0.1, 0.15) is 26.2 Å². The maximum Gasteiger partial charge on any atom is 0.243 e. The van der Waals surface area contributed by atoms with E-state index in [0.29, 0.717) is 18.8 Å². The summed E-state index contributed by atoms with van der Waals surface area (Å²) < 4.78 is 27.2. The van der Waals surface area contributed by atoms with Gasteiger partial charge in [-0.3, -0.25) is 4.79 Å². The summed E-state index contributed by atoms with van der Waals surface area (Å²) in [4.78, 5) is 13.7. The molecule has 1 aliphatic heterocycles. The lowest BCUT2D eigenvalue weighted by Crippen LogP contribution is -2.35. The van der Waals surface area contributed by atoms with Crippen molar-refractivity contribution in [3.05, 3.63) is 54.6 Å². The third kappa shape index (κ3) is 5.12. The van der Waals surface area contributed by atoms with Gasteiger partial charge in [0.2, 0.25) is 15.9 Å². The van der Waals surface area contributed by atoms with Crippen molar-refractivity contribution in [2.45, 2.75) is 41.2 Å². The standard InChI is InChI=1S/C20H24N2O3S2/c1-16(26-18-10-4-2-5-11-18)20(23)21-17-9-8-12-19(15-17)27(24,25)22-13-6-3-7-14-22/h2,4-5,8-12,15-16H,3,6-7,13-14H2,1H3,(H,21,23)/t16-/m1/s1. The number of benzene rings is 2. The predicted octanol–water partition coefficient (Wildman–Crippen LogP) is 3.98. The van der Waals surface area contributed by atoms with E-state index in [2.05, 4.69) is 5.32 Å². The zero-order valence-electron chi connectivity index (χ0n) is 15.3. The van der Waals surface area contributed by atoms with Gasteiger partial charge in [-0.05, 0) is 50.1 Å². The first-order chi connectivity index (χ1) is 13.0. The Hall–Kier alpha value is -1.83. The SMILES string of the molecule is C[C@@H](Sc1ccccc1)C(=O)Nc1cccc(S(=O)(=O)N2CCCCC2)c1. The summed E-state index contributed by atoms with van der Waals surface area (Å²) in [7, 11) is -3.51. The first kappa shape index (κ1) is 19.9. The quantitative estimate of drug-likeness (QED) is 0.740. The third-order valence-electron chi connectivity index (χ3n) is 4.48. The summed E-state index contributed by atoms with van der Waals surface area (Å²) >= 11 is 1.46. The van der Waals surface area contributed by atoms with Gasteiger partial charge in [-0.1, -0.05) is 30.7 Å². The van der Waals surface area contributed by atoms with Crippen LogP contribution < -0.4 is 5.32 Å². The highest BCUT2D eigenvalue weighted by Gasteiger charge is 2.26. The van der Waals surface area contributed by atoms with Gasteiger partial charge in [0, 0.05) is 23.7 Å². The van der Waals surface area contributed by atoms with E-state index < -0.39 is 10.0 Å². The monoisotopic (exact) mass is 404 g/mol. The molecule has 0 radical (unpaired) electrons. The molecule has 27 heavy (non-hydrogen) atoms. The number of piperidine rings is 1. The Bertz CT molecular complexity index is 879. The van der Waals surface area contributed by atoms with Crippen LogP contribution in [0.3, 0.4) is 0 Å². The Kier molecular flexibility index (Phi) is 6.57. The molecule has 0 aliphatic carbocycles. The minimum Gasteiger partial charge on any atom is -0.325 e. The van der Waals surface area contributed by atoms with E-state index in [4.69, 9.17) is 0 Å². The smallest absolute Gasteiger partial charge is 0.243 e. The largest absolute Gasteiger partial charge is 0.325 e. The van der Waals surface area contributed by atoms with Gasteiger partial charge in [-0.15, -0.1) is 11.8 Å². The number of carbonyl (C=O) groups excluding carboxylic acids is 1. The molecule has 2 aromatic rings. The summed E-state index contributed by atoms with van der Waals surface area (Å²) in [5.41, 5.74) is 0.499. The second kappa shape index (κ2) is 8.91. The van der Waals surface area contributed by atoms with Crippen molar-refractivity contribution in [3.63, 3.8) is 0 Å². The number of rotatable bonds is 6. The van der Waals surface area contributed by atoms with Crippen LogP contribution in [-0.4, -0.2) is 37.0 Å². The number of hydrogen-bond acceptors (Lipinski definition) is 4. The van der Waals surface area contributed by atoms with E-state index in [1.54, 1.807) is 24.3 Å². The zero-order chi connectivity index (χ0) is 19.3. The first-order valence-electron chi connectivity index (χ1n) is 9.09.